The summed E-state index contributed by atoms with van der Waals surface area (Å²) in [6, 6.07) is 10.9. The van der Waals surface area contributed by atoms with E-state index < -0.39 is 10.8 Å². The summed E-state index contributed by atoms with van der Waals surface area (Å²) < 4.78 is 5.31. The molecule has 8 heteroatoms. The third-order valence-corrected chi connectivity index (χ3v) is 4.32. The number of nitro groups is 1. The fraction of sp³-hybridized carbons (Fsp3) is 0.333. The van der Waals surface area contributed by atoms with E-state index in [-0.39, 0.29) is 35.5 Å². The van der Waals surface area contributed by atoms with Crippen molar-refractivity contribution in [3.63, 3.8) is 0 Å². The first-order valence-electron chi connectivity index (χ1n) is 9.13. The van der Waals surface area contributed by atoms with Gasteiger partial charge in [-0.25, -0.2) is 0 Å². The van der Waals surface area contributed by atoms with Crippen LogP contribution in [0.4, 0.5) is 11.4 Å². The van der Waals surface area contributed by atoms with Crippen molar-refractivity contribution in [2.45, 2.75) is 32.6 Å². The highest BCUT2D eigenvalue weighted by molar-refractivity contribution is 5.95. The van der Waals surface area contributed by atoms with Crippen LogP contribution in [0, 0.1) is 10.1 Å². The highest BCUT2D eigenvalue weighted by Gasteiger charge is 2.17. The quantitative estimate of drug-likeness (QED) is 0.545. The van der Waals surface area contributed by atoms with Crippen molar-refractivity contribution in [2.24, 2.45) is 0 Å². The van der Waals surface area contributed by atoms with Crippen LogP contribution in [0.25, 0.3) is 0 Å². The zero-order chi connectivity index (χ0) is 21.6. The molecule has 0 spiro atoms. The van der Waals surface area contributed by atoms with Crippen LogP contribution in [-0.4, -0.2) is 30.4 Å². The molecule has 0 atom stereocenters. The van der Waals surface area contributed by atoms with Gasteiger partial charge in [0, 0.05) is 30.7 Å². The number of anilines is 1. The van der Waals surface area contributed by atoms with E-state index in [0.29, 0.717) is 11.4 Å². The normalized spacial score (nSPS) is 10.9. The van der Waals surface area contributed by atoms with E-state index >= 15 is 0 Å². The molecule has 2 aromatic rings. The molecule has 29 heavy (non-hydrogen) atoms. The van der Waals surface area contributed by atoms with E-state index in [4.69, 9.17) is 4.74 Å². The summed E-state index contributed by atoms with van der Waals surface area (Å²) >= 11 is 0. The van der Waals surface area contributed by atoms with Gasteiger partial charge in [-0.05, 0) is 35.2 Å². The van der Waals surface area contributed by atoms with E-state index in [1.165, 1.54) is 31.4 Å². The van der Waals surface area contributed by atoms with Crippen molar-refractivity contribution in [3.05, 3.63) is 63.7 Å². The van der Waals surface area contributed by atoms with Crippen molar-refractivity contribution in [2.75, 3.05) is 19.0 Å². The van der Waals surface area contributed by atoms with Crippen molar-refractivity contribution in [1.29, 1.82) is 0 Å². The SMILES string of the molecule is COc1ccc(C(C)(C)C)cc1NC(=O)CCNC(=O)c1ccc([N+](=O)[O-])cc1. The summed E-state index contributed by atoms with van der Waals surface area (Å²) in [5, 5.41) is 16.1. The standard InChI is InChI=1S/C21H25N3O5/c1-21(2,3)15-7-10-18(29-4)17(13-15)23-19(25)11-12-22-20(26)14-5-8-16(9-6-14)24(27)28/h5-10,13H,11-12H2,1-4H3,(H,22,26)(H,23,25). The molecule has 0 unspecified atom stereocenters. The number of methoxy groups -OCH3 is 1. The van der Waals surface area contributed by atoms with Crippen molar-refractivity contribution in [1.82, 2.24) is 5.32 Å². The molecule has 2 N–H and O–H groups in total. The van der Waals surface area contributed by atoms with E-state index in [1.807, 2.05) is 18.2 Å². The maximum Gasteiger partial charge on any atom is 0.269 e. The average Bonchev–Trinajstić information content (AvgIpc) is 2.67. The Hall–Kier alpha value is -3.42. The lowest BCUT2D eigenvalue weighted by molar-refractivity contribution is -0.384. The van der Waals surface area contributed by atoms with E-state index in [1.54, 1.807) is 0 Å². The Bertz CT molecular complexity index is 902. The number of nitrogens with one attached hydrogen (secondary N) is 2. The summed E-state index contributed by atoms with van der Waals surface area (Å²) in [7, 11) is 1.53. The first kappa shape index (κ1) is 21.9. The Balaban J connectivity index is 1.93. The number of rotatable bonds is 7. The predicted molar refractivity (Wildman–Crippen MR) is 110 cm³/mol. The van der Waals surface area contributed by atoms with Crippen LogP contribution in [0.1, 0.15) is 43.1 Å². The number of hydrogen-bond donors (Lipinski definition) is 2. The van der Waals surface area contributed by atoms with Gasteiger partial charge in [0.15, 0.2) is 0 Å². The first-order chi connectivity index (χ1) is 13.6. The number of nitrogens with zero attached hydrogens (tertiary/aromatic N) is 1. The monoisotopic (exact) mass is 399 g/mol. The summed E-state index contributed by atoms with van der Waals surface area (Å²) in [6.07, 6.45) is 0.0711. The zero-order valence-electron chi connectivity index (χ0n) is 16.9. The minimum atomic E-state index is -0.533. The second kappa shape index (κ2) is 9.18. The summed E-state index contributed by atoms with van der Waals surface area (Å²) in [5.74, 6) is -0.111. The van der Waals surface area contributed by atoms with Crippen LogP contribution in [0.3, 0.4) is 0 Å². The number of carbonyl (C=O) groups excluding carboxylic acids is 2. The number of amides is 2. The van der Waals surface area contributed by atoms with Gasteiger partial charge in [-0.2, -0.15) is 0 Å². The van der Waals surface area contributed by atoms with Gasteiger partial charge >= 0.3 is 0 Å². The topological polar surface area (TPSA) is 111 Å². The van der Waals surface area contributed by atoms with Crippen LogP contribution in [0.5, 0.6) is 5.75 Å². The number of ether oxygens (including phenoxy) is 1. The van der Waals surface area contributed by atoms with Gasteiger partial charge in [-0.15, -0.1) is 0 Å². The molecule has 0 radical (unpaired) electrons. The van der Waals surface area contributed by atoms with Gasteiger partial charge in [-0.1, -0.05) is 26.8 Å². The molecule has 2 aromatic carbocycles. The number of benzene rings is 2. The van der Waals surface area contributed by atoms with Crippen LogP contribution >= 0.6 is 0 Å². The Labute approximate surface area is 169 Å². The molecule has 0 saturated heterocycles. The number of carbonyl (C=O) groups is 2. The molecule has 0 aliphatic heterocycles. The maximum atomic E-state index is 12.3. The molecule has 0 bridgehead atoms. The Kier molecular flexibility index (Phi) is 6.93. The Morgan fingerprint density at radius 3 is 2.31 bits per heavy atom. The van der Waals surface area contributed by atoms with Crippen LogP contribution in [0.2, 0.25) is 0 Å². The molecule has 8 nitrogen and oxygen atoms in total. The lowest BCUT2D eigenvalue weighted by Crippen LogP contribution is -2.27. The van der Waals surface area contributed by atoms with Crippen LogP contribution < -0.4 is 15.4 Å². The lowest BCUT2D eigenvalue weighted by atomic mass is 9.87. The molecular weight excluding hydrogens is 374 g/mol. The zero-order valence-corrected chi connectivity index (χ0v) is 16.9. The summed E-state index contributed by atoms with van der Waals surface area (Å²) in [5.41, 5.74) is 1.75. The maximum absolute atomic E-state index is 12.3. The smallest absolute Gasteiger partial charge is 0.269 e. The van der Waals surface area contributed by atoms with Gasteiger partial charge in [0.25, 0.3) is 11.6 Å². The molecule has 0 aromatic heterocycles. The van der Waals surface area contributed by atoms with Gasteiger partial charge in [0.2, 0.25) is 5.91 Å². The fourth-order valence-corrected chi connectivity index (χ4v) is 2.61. The predicted octanol–water partition coefficient (Wildman–Crippen LogP) is 3.66. The summed E-state index contributed by atoms with van der Waals surface area (Å²) in [6.45, 7) is 6.36. The fourth-order valence-electron chi connectivity index (χ4n) is 2.61. The average molecular weight is 399 g/mol. The minimum absolute atomic E-state index is 0.0711. The van der Waals surface area contributed by atoms with Gasteiger partial charge in [0.05, 0.1) is 17.7 Å². The van der Waals surface area contributed by atoms with E-state index in [9.17, 15) is 19.7 Å². The third-order valence-electron chi connectivity index (χ3n) is 4.32. The number of nitro benzene ring substituents is 1. The van der Waals surface area contributed by atoms with Crippen molar-refractivity contribution >= 4 is 23.2 Å². The Morgan fingerprint density at radius 2 is 1.76 bits per heavy atom. The molecule has 0 fully saturated rings. The van der Waals surface area contributed by atoms with Crippen molar-refractivity contribution in [3.8, 4) is 5.75 Å². The highest BCUT2D eigenvalue weighted by atomic mass is 16.6. The molecular formula is C21H25N3O5. The number of non-ortho nitro benzene ring substituents is 1. The molecule has 2 rings (SSSR count). The first-order valence-corrected chi connectivity index (χ1v) is 9.13. The Morgan fingerprint density at radius 1 is 1.10 bits per heavy atom. The second-order valence-electron chi connectivity index (χ2n) is 7.52. The van der Waals surface area contributed by atoms with Gasteiger partial charge in [0.1, 0.15) is 5.75 Å². The third kappa shape index (κ3) is 6.03. The van der Waals surface area contributed by atoms with E-state index in [2.05, 4.69) is 31.4 Å². The van der Waals surface area contributed by atoms with E-state index in [0.717, 1.165) is 5.56 Å². The van der Waals surface area contributed by atoms with Gasteiger partial charge < -0.3 is 15.4 Å². The largest absolute Gasteiger partial charge is 0.495 e. The lowest BCUT2D eigenvalue weighted by Gasteiger charge is -2.21. The van der Waals surface area contributed by atoms with Crippen molar-refractivity contribution < 1.29 is 19.2 Å². The molecule has 0 saturated carbocycles. The molecule has 0 aliphatic rings. The number of hydrogen-bond acceptors (Lipinski definition) is 5. The molecule has 2 amide bonds. The minimum Gasteiger partial charge on any atom is -0.495 e. The van der Waals surface area contributed by atoms with Crippen LogP contribution in [-0.2, 0) is 10.2 Å². The van der Waals surface area contributed by atoms with Crippen LogP contribution in [0.15, 0.2) is 42.5 Å². The highest BCUT2D eigenvalue weighted by Crippen LogP contribution is 2.31. The second-order valence-corrected chi connectivity index (χ2v) is 7.52. The molecule has 154 valence electrons. The summed E-state index contributed by atoms with van der Waals surface area (Å²) in [4.78, 5) is 34.5. The molecule has 0 heterocycles. The van der Waals surface area contributed by atoms with Gasteiger partial charge in [-0.3, -0.25) is 19.7 Å². The molecule has 0 aliphatic carbocycles.